The molecule has 0 unspecified atom stereocenters. The van der Waals surface area contributed by atoms with Crippen molar-refractivity contribution in [3.05, 3.63) is 29.3 Å². The zero-order valence-corrected chi connectivity index (χ0v) is 11.8. The maximum atomic E-state index is 12.2. The lowest BCUT2D eigenvalue weighted by Gasteiger charge is -2.27. The topological polar surface area (TPSA) is 52.6 Å². The van der Waals surface area contributed by atoms with Crippen LogP contribution in [0.5, 0.6) is 0 Å². The van der Waals surface area contributed by atoms with Crippen molar-refractivity contribution in [3.8, 4) is 11.8 Å². The quantitative estimate of drug-likeness (QED) is 0.771. The molecule has 2 amide bonds. The number of likely N-dealkylation sites (tertiary alicyclic amines) is 1. The van der Waals surface area contributed by atoms with Crippen LogP contribution in [0.4, 0.5) is 10.5 Å². The minimum atomic E-state index is -0.187. The number of nitrogens with zero attached hydrogens (tertiary/aromatic N) is 1. The van der Waals surface area contributed by atoms with Crippen LogP contribution in [0.15, 0.2) is 18.2 Å². The van der Waals surface area contributed by atoms with Crippen LogP contribution in [0, 0.1) is 18.8 Å². The molecule has 1 aromatic rings. The van der Waals surface area contributed by atoms with E-state index in [4.69, 9.17) is 5.11 Å². The molecular weight excluding hydrogens is 252 g/mol. The molecule has 0 bridgehead atoms. The maximum Gasteiger partial charge on any atom is 0.321 e. The van der Waals surface area contributed by atoms with Crippen LogP contribution < -0.4 is 5.32 Å². The summed E-state index contributed by atoms with van der Waals surface area (Å²) in [5.41, 5.74) is 2.50. The van der Waals surface area contributed by atoms with Crippen LogP contribution in [0.1, 0.15) is 30.4 Å². The molecule has 0 spiro atoms. The lowest BCUT2D eigenvalue weighted by atomic mass is 10.1. The predicted octanol–water partition coefficient (Wildman–Crippen LogP) is 2.36. The Balaban J connectivity index is 2.14. The molecular formula is C16H20N2O2. The Bertz CT molecular complexity index is 537. The number of carbonyl (C=O) groups excluding carboxylic acids is 1. The minimum absolute atomic E-state index is 0.0673. The summed E-state index contributed by atoms with van der Waals surface area (Å²) in [5.74, 6) is 5.48. The second kappa shape index (κ2) is 6.97. The number of hydrogen-bond donors (Lipinski definition) is 2. The molecule has 0 saturated carbocycles. The van der Waals surface area contributed by atoms with Crippen LogP contribution in [0.2, 0.25) is 0 Å². The number of nitrogens with one attached hydrogen (secondary N) is 1. The van der Waals surface area contributed by atoms with Crippen LogP contribution in [0.3, 0.4) is 0 Å². The van der Waals surface area contributed by atoms with Crippen LogP contribution in [0.25, 0.3) is 0 Å². The first-order valence-corrected chi connectivity index (χ1v) is 6.97. The summed E-state index contributed by atoms with van der Waals surface area (Å²) in [4.78, 5) is 14.1. The summed E-state index contributed by atoms with van der Waals surface area (Å²) < 4.78 is 0. The lowest BCUT2D eigenvalue weighted by Crippen LogP contribution is -2.38. The number of urea groups is 1. The van der Waals surface area contributed by atoms with Crippen molar-refractivity contribution < 1.29 is 9.90 Å². The Morgan fingerprint density at radius 1 is 1.35 bits per heavy atom. The number of anilines is 1. The van der Waals surface area contributed by atoms with Crippen molar-refractivity contribution >= 4 is 11.7 Å². The highest BCUT2D eigenvalue weighted by molar-refractivity contribution is 5.91. The average Bonchev–Trinajstić information content (AvgIpc) is 2.47. The zero-order valence-electron chi connectivity index (χ0n) is 11.8. The van der Waals surface area contributed by atoms with Gasteiger partial charge in [-0.3, -0.25) is 0 Å². The molecule has 0 aliphatic carbocycles. The molecule has 2 rings (SSSR count). The van der Waals surface area contributed by atoms with Crippen molar-refractivity contribution in [1.29, 1.82) is 0 Å². The molecule has 1 aliphatic rings. The van der Waals surface area contributed by atoms with Crippen LogP contribution >= 0.6 is 0 Å². The third-order valence-corrected chi connectivity index (χ3v) is 3.36. The largest absolute Gasteiger partial charge is 0.384 e. The second-order valence-corrected chi connectivity index (χ2v) is 4.99. The Morgan fingerprint density at radius 2 is 2.10 bits per heavy atom. The smallest absolute Gasteiger partial charge is 0.321 e. The Hall–Kier alpha value is -1.99. The van der Waals surface area contributed by atoms with Crippen molar-refractivity contribution in [2.24, 2.45) is 0 Å². The predicted molar refractivity (Wildman–Crippen MR) is 79.6 cm³/mol. The van der Waals surface area contributed by atoms with Crippen molar-refractivity contribution in [2.45, 2.75) is 26.2 Å². The summed E-state index contributed by atoms with van der Waals surface area (Å²) in [6.07, 6.45) is 3.33. The molecule has 20 heavy (non-hydrogen) atoms. The maximum absolute atomic E-state index is 12.2. The van der Waals surface area contributed by atoms with E-state index < -0.39 is 0 Å². The highest BCUT2D eigenvalue weighted by Gasteiger charge is 2.17. The number of aliphatic hydroxyl groups is 1. The normalized spacial score (nSPS) is 14.4. The molecule has 106 valence electrons. The molecule has 2 N–H and O–H groups in total. The molecule has 1 aliphatic heterocycles. The van der Waals surface area contributed by atoms with E-state index in [-0.39, 0.29) is 12.6 Å². The number of amides is 2. The molecule has 4 heteroatoms. The number of aryl methyl sites for hydroxylation is 1. The highest BCUT2D eigenvalue weighted by atomic mass is 16.2. The number of hydrogen-bond acceptors (Lipinski definition) is 2. The highest BCUT2D eigenvalue weighted by Crippen LogP contribution is 2.18. The van der Waals surface area contributed by atoms with Crippen molar-refractivity contribution in [1.82, 2.24) is 4.90 Å². The van der Waals surface area contributed by atoms with Gasteiger partial charge in [0.1, 0.15) is 6.61 Å². The molecule has 1 aromatic carbocycles. The summed E-state index contributed by atoms with van der Waals surface area (Å²) in [7, 11) is 0. The van der Waals surface area contributed by atoms with Gasteiger partial charge in [-0.2, -0.15) is 0 Å². The number of piperidine rings is 1. The minimum Gasteiger partial charge on any atom is -0.384 e. The van der Waals surface area contributed by atoms with Gasteiger partial charge in [0.25, 0.3) is 0 Å². The van der Waals surface area contributed by atoms with Gasteiger partial charge in [-0.05, 0) is 43.9 Å². The van der Waals surface area contributed by atoms with E-state index in [9.17, 15) is 4.79 Å². The Labute approximate surface area is 119 Å². The van der Waals surface area contributed by atoms with Crippen LogP contribution in [-0.4, -0.2) is 35.7 Å². The van der Waals surface area contributed by atoms with E-state index in [1.54, 1.807) is 0 Å². The lowest BCUT2D eigenvalue weighted by molar-refractivity contribution is 0.200. The fourth-order valence-electron chi connectivity index (χ4n) is 2.30. The first kappa shape index (κ1) is 14.4. The number of rotatable bonds is 1. The molecule has 1 saturated heterocycles. The summed E-state index contributed by atoms with van der Waals surface area (Å²) in [6.45, 7) is 3.41. The zero-order chi connectivity index (χ0) is 14.4. The monoisotopic (exact) mass is 272 g/mol. The molecule has 0 radical (unpaired) electrons. The van der Waals surface area contributed by atoms with Crippen molar-refractivity contribution in [2.75, 3.05) is 25.0 Å². The number of aliphatic hydroxyl groups excluding tert-OH is 1. The van der Waals surface area contributed by atoms with Gasteiger partial charge in [0.2, 0.25) is 0 Å². The standard InChI is InChI=1S/C16H20N2O2/c1-13-7-8-14(6-5-11-19)15(12-13)17-16(20)18-9-3-2-4-10-18/h7-8,12,19H,2-4,9-11H2,1H3,(H,17,20). The van der Waals surface area contributed by atoms with E-state index in [1.807, 2.05) is 30.0 Å². The van der Waals surface area contributed by atoms with E-state index >= 15 is 0 Å². The second-order valence-electron chi connectivity index (χ2n) is 4.99. The fourth-order valence-corrected chi connectivity index (χ4v) is 2.30. The van der Waals surface area contributed by atoms with Gasteiger partial charge >= 0.3 is 6.03 Å². The Kier molecular flexibility index (Phi) is 5.03. The van der Waals surface area contributed by atoms with Gasteiger partial charge in [-0.15, -0.1) is 0 Å². The average molecular weight is 272 g/mol. The molecule has 0 atom stereocenters. The fraction of sp³-hybridized carbons (Fsp3) is 0.438. The van der Waals surface area contributed by atoms with Crippen molar-refractivity contribution in [3.63, 3.8) is 0 Å². The third kappa shape index (κ3) is 3.75. The Morgan fingerprint density at radius 3 is 2.80 bits per heavy atom. The van der Waals surface area contributed by atoms with Gasteiger partial charge in [0.15, 0.2) is 0 Å². The summed E-state index contributed by atoms with van der Waals surface area (Å²) in [5, 5.41) is 11.7. The molecule has 4 nitrogen and oxygen atoms in total. The van der Waals surface area contributed by atoms with E-state index in [0.717, 1.165) is 37.1 Å². The van der Waals surface area contributed by atoms with Gasteiger partial charge < -0.3 is 15.3 Å². The number of benzene rings is 1. The van der Waals surface area contributed by atoms with Crippen LogP contribution in [-0.2, 0) is 0 Å². The van der Waals surface area contributed by atoms with Gasteiger partial charge in [0.05, 0.1) is 5.69 Å². The molecule has 0 aromatic heterocycles. The molecule has 1 heterocycles. The summed E-state index contributed by atoms with van der Waals surface area (Å²) >= 11 is 0. The number of carbonyl (C=O) groups is 1. The SMILES string of the molecule is Cc1ccc(C#CCO)c(NC(=O)N2CCCCC2)c1. The van der Waals surface area contributed by atoms with E-state index in [0.29, 0.717) is 5.69 Å². The third-order valence-electron chi connectivity index (χ3n) is 3.36. The first-order chi connectivity index (χ1) is 9.70. The van der Waals surface area contributed by atoms with E-state index in [1.165, 1.54) is 6.42 Å². The molecule has 1 fully saturated rings. The first-order valence-electron chi connectivity index (χ1n) is 6.97. The van der Waals surface area contributed by atoms with Gasteiger partial charge in [0, 0.05) is 18.7 Å². The van der Waals surface area contributed by atoms with Gasteiger partial charge in [-0.25, -0.2) is 4.79 Å². The van der Waals surface area contributed by atoms with E-state index in [2.05, 4.69) is 17.2 Å². The summed E-state index contributed by atoms with van der Waals surface area (Å²) in [6, 6.07) is 5.65. The van der Waals surface area contributed by atoms with Gasteiger partial charge in [-0.1, -0.05) is 17.9 Å².